The molecule has 0 unspecified atom stereocenters. The normalized spacial score (nSPS) is 10.0. The summed E-state index contributed by atoms with van der Waals surface area (Å²) in [5.41, 5.74) is 1.98. The molecule has 2 aromatic rings. The lowest BCUT2D eigenvalue weighted by Crippen LogP contribution is -2.03. The number of hydrogen-bond acceptors (Lipinski definition) is 4. The summed E-state index contributed by atoms with van der Waals surface area (Å²) < 4.78 is 1.67. The smallest absolute Gasteiger partial charge is 0.152 e. The third-order valence-electron chi connectivity index (χ3n) is 2.03. The van der Waals surface area contributed by atoms with Crippen molar-refractivity contribution in [3.8, 4) is 5.75 Å². The number of aromatic hydroxyl groups is 1. The molecule has 0 saturated heterocycles. The molecular formula is C10H10N4OS. The molecule has 82 valence electrons. The van der Waals surface area contributed by atoms with E-state index in [9.17, 15) is 5.11 Å². The summed E-state index contributed by atoms with van der Waals surface area (Å²) in [5.74, 6) is 0.841. The second-order valence-corrected chi connectivity index (χ2v) is 3.37. The molecule has 0 saturated carbocycles. The van der Waals surface area contributed by atoms with Crippen molar-refractivity contribution in [3.63, 3.8) is 0 Å². The third kappa shape index (κ3) is 2.34. The van der Waals surface area contributed by atoms with Gasteiger partial charge in [-0.3, -0.25) is 9.67 Å². The van der Waals surface area contributed by atoms with Crippen LogP contribution in [-0.4, -0.2) is 25.4 Å². The second-order valence-electron chi connectivity index (χ2n) is 3.13. The topological polar surface area (TPSA) is 63.0 Å². The molecule has 0 aromatic carbocycles. The fourth-order valence-electron chi connectivity index (χ4n) is 1.29. The summed E-state index contributed by atoms with van der Waals surface area (Å²) in [4.78, 5) is 4.07. The highest BCUT2D eigenvalue weighted by molar-refractivity contribution is 7.79. The van der Waals surface area contributed by atoms with Gasteiger partial charge in [-0.2, -0.15) is 5.10 Å². The van der Waals surface area contributed by atoms with Crippen LogP contribution in [0.2, 0.25) is 0 Å². The average Bonchev–Trinajstić information content (AvgIpc) is 2.70. The average molecular weight is 234 g/mol. The van der Waals surface area contributed by atoms with E-state index in [0.29, 0.717) is 18.1 Å². The lowest BCUT2D eigenvalue weighted by Gasteiger charge is -2.02. The Labute approximate surface area is 97.7 Å². The molecule has 0 aliphatic heterocycles. The zero-order valence-corrected chi connectivity index (χ0v) is 9.18. The minimum atomic E-state index is 0.169. The highest BCUT2D eigenvalue weighted by atomic mass is 32.1. The van der Waals surface area contributed by atoms with Gasteiger partial charge in [0.15, 0.2) is 5.82 Å². The summed E-state index contributed by atoms with van der Waals surface area (Å²) in [5, 5.41) is 16.5. The molecule has 0 aliphatic rings. The number of aromatic nitrogens is 3. The molecule has 6 heteroatoms. The Morgan fingerprint density at radius 2 is 2.38 bits per heavy atom. The minimum Gasteiger partial charge on any atom is -0.506 e. The van der Waals surface area contributed by atoms with E-state index >= 15 is 0 Å². The van der Waals surface area contributed by atoms with Crippen LogP contribution in [0, 0.1) is 0 Å². The first kappa shape index (κ1) is 10.6. The Morgan fingerprint density at radius 1 is 1.50 bits per heavy atom. The van der Waals surface area contributed by atoms with Crippen molar-refractivity contribution in [2.75, 3.05) is 5.32 Å². The van der Waals surface area contributed by atoms with Gasteiger partial charge >= 0.3 is 0 Å². The number of pyridine rings is 1. The molecule has 0 radical (unpaired) electrons. The van der Waals surface area contributed by atoms with Crippen LogP contribution in [0.15, 0.2) is 30.6 Å². The van der Waals surface area contributed by atoms with Crippen LogP contribution in [0.4, 0.5) is 5.82 Å². The number of hydrogen-bond donors (Lipinski definition) is 2. The molecule has 0 spiro atoms. The summed E-state index contributed by atoms with van der Waals surface area (Å²) in [7, 11) is 0. The van der Waals surface area contributed by atoms with Gasteiger partial charge in [0.2, 0.25) is 0 Å². The van der Waals surface area contributed by atoms with Crippen LogP contribution < -0.4 is 5.32 Å². The van der Waals surface area contributed by atoms with E-state index in [1.807, 2.05) is 0 Å². The highest BCUT2D eigenvalue weighted by Gasteiger charge is 2.03. The molecule has 2 heterocycles. The first-order valence-corrected chi connectivity index (χ1v) is 5.13. The molecule has 2 aromatic heterocycles. The van der Waals surface area contributed by atoms with Gasteiger partial charge in [-0.1, -0.05) is 12.2 Å². The molecular weight excluding hydrogens is 224 g/mol. The van der Waals surface area contributed by atoms with Gasteiger partial charge in [0.1, 0.15) is 11.4 Å². The van der Waals surface area contributed by atoms with Crippen LogP contribution in [0.5, 0.6) is 5.75 Å². The third-order valence-corrected chi connectivity index (χ3v) is 2.14. The number of rotatable bonds is 4. The summed E-state index contributed by atoms with van der Waals surface area (Å²) in [6.45, 7) is 0.422. The zero-order valence-electron chi connectivity index (χ0n) is 8.37. The number of thiocarbonyl (C=S) groups is 1. The fourth-order valence-corrected chi connectivity index (χ4v) is 1.41. The summed E-state index contributed by atoms with van der Waals surface area (Å²) in [6, 6.07) is 5.08. The molecule has 0 amide bonds. The van der Waals surface area contributed by atoms with E-state index in [0.717, 1.165) is 0 Å². The summed E-state index contributed by atoms with van der Waals surface area (Å²) >= 11 is 4.66. The maximum absolute atomic E-state index is 9.54. The van der Waals surface area contributed by atoms with Crippen LogP contribution in [0.1, 0.15) is 5.69 Å². The van der Waals surface area contributed by atoms with Gasteiger partial charge in [0.25, 0.3) is 0 Å². The fraction of sp³-hybridized carbons (Fsp3) is 0.100. The monoisotopic (exact) mass is 234 g/mol. The van der Waals surface area contributed by atoms with Gasteiger partial charge in [-0.05, 0) is 12.1 Å². The van der Waals surface area contributed by atoms with Crippen molar-refractivity contribution in [1.29, 1.82) is 0 Å². The van der Waals surface area contributed by atoms with Crippen molar-refractivity contribution < 1.29 is 5.11 Å². The summed E-state index contributed by atoms with van der Waals surface area (Å²) in [6.07, 6.45) is 3.42. The Bertz CT molecular complexity index is 497. The van der Waals surface area contributed by atoms with E-state index < -0.39 is 0 Å². The van der Waals surface area contributed by atoms with Crippen LogP contribution in [0.3, 0.4) is 0 Å². The van der Waals surface area contributed by atoms with Crippen molar-refractivity contribution in [3.05, 3.63) is 36.3 Å². The maximum atomic E-state index is 9.54. The number of nitrogens with one attached hydrogen (secondary N) is 1. The Balaban J connectivity index is 2.14. The first-order chi connectivity index (χ1) is 7.79. The van der Waals surface area contributed by atoms with Gasteiger partial charge in [-0.25, -0.2) is 0 Å². The van der Waals surface area contributed by atoms with E-state index in [-0.39, 0.29) is 5.75 Å². The van der Waals surface area contributed by atoms with Gasteiger partial charge in [-0.15, -0.1) is 0 Å². The van der Waals surface area contributed by atoms with Crippen molar-refractivity contribution >= 4 is 23.5 Å². The highest BCUT2D eigenvalue weighted by Crippen LogP contribution is 2.14. The van der Waals surface area contributed by atoms with E-state index in [1.165, 1.54) is 5.49 Å². The predicted octanol–water partition coefficient (Wildman–Crippen LogP) is 1.40. The number of nitrogens with zero attached hydrogens (tertiary/aromatic N) is 3. The molecule has 16 heavy (non-hydrogen) atoms. The second kappa shape index (κ2) is 4.71. The molecule has 2 rings (SSSR count). The molecule has 0 bridgehead atoms. The van der Waals surface area contributed by atoms with Gasteiger partial charge < -0.3 is 10.4 Å². The molecule has 0 fully saturated rings. The van der Waals surface area contributed by atoms with E-state index in [4.69, 9.17) is 0 Å². The maximum Gasteiger partial charge on any atom is 0.152 e. The molecule has 0 atom stereocenters. The Kier molecular flexibility index (Phi) is 3.11. The Morgan fingerprint density at radius 3 is 3.12 bits per heavy atom. The van der Waals surface area contributed by atoms with Gasteiger partial charge in [0, 0.05) is 18.5 Å². The lowest BCUT2D eigenvalue weighted by molar-refractivity contribution is 0.459. The Hall–Kier alpha value is -1.95. The molecule has 2 N–H and O–H groups in total. The van der Waals surface area contributed by atoms with E-state index in [2.05, 4.69) is 27.6 Å². The SMILES string of the molecule is Oc1cccnc1Cn1ccc(NC=S)n1. The predicted molar refractivity (Wildman–Crippen MR) is 64.5 cm³/mol. The lowest BCUT2D eigenvalue weighted by atomic mass is 10.3. The van der Waals surface area contributed by atoms with Gasteiger partial charge in [0.05, 0.1) is 12.0 Å². The molecule has 0 aliphatic carbocycles. The minimum absolute atomic E-state index is 0.169. The van der Waals surface area contributed by atoms with Crippen LogP contribution >= 0.6 is 12.2 Å². The first-order valence-electron chi connectivity index (χ1n) is 4.66. The zero-order chi connectivity index (χ0) is 11.4. The molecule has 5 nitrogen and oxygen atoms in total. The van der Waals surface area contributed by atoms with Crippen molar-refractivity contribution in [2.24, 2.45) is 0 Å². The number of anilines is 1. The van der Waals surface area contributed by atoms with Crippen LogP contribution in [-0.2, 0) is 6.54 Å². The van der Waals surface area contributed by atoms with Crippen LogP contribution in [0.25, 0.3) is 0 Å². The standard InChI is InChI=1S/C10H10N4OS/c15-9-2-1-4-11-8(9)6-14-5-3-10(13-14)12-7-16/h1-5,7,15H,6H2,(H,12,13,16). The van der Waals surface area contributed by atoms with Crippen molar-refractivity contribution in [2.45, 2.75) is 6.54 Å². The quantitative estimate of drug-likeness (QED) is 0.783. The largest absolute Gasteiger partial charge is 0.506 e. The van der Waals surface area contributed by atoms with E-state index in [1.54, 1.807) is 35.3 Å². The van der Waals surface area contributed by atoms with Crippen molar-refractivity contribution in [1.82, 2.24) is 14.8 Å².